The molecule has 2 aromatic heterocycles. The van der Waals surface area contributed by atoms with Gasteiger partial charge in [0.15, 0.2) is 4.96 Å². The summed E-state index contributed by atoms with van der Waals surface area (Å²) in [6, 6.07) is 3.61. The van der Waals surface area contributed by atoms with E-state index in [1.54, 1.807) is 16.7 Å². The van der Waals surface area contributed by atoms with Crippen LogP contribution in [0.2, 0.25) is 5.02 Å². The van der Waals surface area contributed by atoms with Crippen LogP contribution in [-0.4, -0.2) is 9.38 Å². The molecule has 0 bridgehead atoms. The van der Waals surface area contributed by atoms with Crippen molar-refractivity contribution in [3.8, 4) is 0 Å². The van der Waals surface area contributed by atoms with Crippen LogP contribution < -0.4 is 5.56 Å². The number of hydrogen-bond acceptors (Lipinski definition) is 3. The van der Waals surface area contributed by atoms with Crippen LogP contribution in [0.5, 0.6) is 0 Å². The van der Waals surface area contributed by atoms with Gasteiger partial charge in [0.25, 0.3) is 5.56 Å². The van der Waals surface area contributed by atoms with E-state index in [1.165, 1.54) is 11.3 Å². The Balaban J connectivity index is 2.72. The first kappa shape index (κ1) is 9.81. The Bertz CT molecular complexity index is 760. The molecule has 3 nitrogen and oxygen atoms in total. The van der Waals surface area contributed by atoms with Crippen molar-refractivity contribution in [2.45, 2.75) is 6.92 Å². The monoisotopic (exact) mass is 250 g/mol. The number of hydrogen-bond donors (Lipinski definition) is 0. The molecule has 0 aliphatic carbocycles. The normalized spacial score (nSPS) is 11.4. The Morgan fingerprint density at radius 1 is 1.44 bits per heavy atom. The summed E-state index contributed by atoms with van der Waals surface area (Å²) in [4.78, 5) is 17.3. The van der Waals surface area contributed by atoms with Crippen molar-refractivity contribution in [2.24, 2.45) is 0 Å². The average Bonchev–Trinajstić information content (AvgIpc) is 2.72. The molecular weight excluding hydrogens is 244 g/mol. The van der Waals surface area contributed by atoms with E-state index in [-0.39, 0.29) is 5.56 Å². The van der Waals surface area contributed by atoms with E-state index in [1.807, 2.05) is 18.4 Å². The van der Waals surface area contributed by atoms with Crippen LogP contribution in [-0.2, 0) is 0 Å². The molecule has 0 atom stereocenters. The smallest absolute Gasteiger partial charge is 0.266 e. The highest BCUT2D eigenvalue weighted by Crippen LogP contribution is 2.23. The van der Waals surface area contributed by atoms with Gasteiger partial charge in [0.2, 0.25) is 0 Å². The zero-order chi connectivity index (χ0) is 11.3. The molecule has 0 N–H and O–H groups in total. The van der Waals surface area contributed by atoms with Crippen molar-refractivity contribution >= 4 is 38.8 Å². The second kappa shape index (κ2) is 3.30. The van der Waals surface area contributed by atoms with Crippen molar-refractivity contribution in [2.75, 3.05) is 0 Å². The summed E-state index contributed by atoms with van der Waals surface area (Å²) in [5.74, 6) is 0. The quantitative estimate of drug-likeness (QED) is 0.615. The maximum Gasteiger partial charge on any atom is 0.266 e. The van der Waals surface area contributed by atoms with Crippen molar-refractivity contribution in [3.05, 3.63) is 44.6 Å². The number of thiazole rings is 1. The summed E-state index contributed by atoms with van der Waals surface area (Å²) in [6.07, 6.45) is 1.73. The van der Waals surface area contributed by atoms with Crippen LogP contribution in [0, 0.1) is 6.92 Å². The van der Waals surface area contributed by atoms with Gasteiger partial charge in [0.1, 0.15) is 0 Å². The molecule has 16 heavy (non-hydrogen) atoms. The molecule has 0 fully saturated rings. The Kier molecular flexibility index (Phi) is 2.02. The van der Waals surface area contributed by atoms with E-state index >= 15 is 0 Å². The largest absolute Gasteiger partial charge is 0.268 e. The zero-order valence-corrected chi connectivity index (χ0v) is 9.97. The van der Waals surface area contributed by atoms with Crippen molar-refractivity contribution in [3.63, 3.8) is 0 Å². The number of aromatic nitrogens is 2. The highest BCUT2D eigenvalue weighted by atomic mass is 35.5. The van der Waals surface area contributed by atoms with E-state index in [2.05, 4.69) is 4.98 Å². The lowest BCUT2D eigenvalue weighted by molar-refractivity contribution is 1.11. The molecule has 0 unspecified atom stereocenters. The van der Waals surface area contributed by atoms with Gasteiger partial charge in [0.05, 0.1) is 15.9 Å². The van der Waals surface area contributed by atoms with Gasteiger partial charge >= 0.3 is 0 Å². The minimum Gasteiger partial charge on any atom is -0.268 e. The second-order valence-electron chi connectivity index (χ2n) is 3.56. The molecule has 0 amide bonds. The summed E-state index contributed by atoms with van der Waals surface area (Å²) in [6.45, 7) is 1.89. The maximum absolute atomic E-state index is 12.2. The van der Waals surface area contributed by atoms with Gasteiger partial charge in [-0.2, -0.15) is 0 Å². The number of rotatable bonds is 0. The molecule has 0 spiro atoms. The Morgan fingerprint density at radius 2 is 2.25 bits per heavy atom. The zero-order valence-electron chi connectivity index (χ0n) is 8.40. The number of nitrogens with zero attached hydrogens (tertiary/aromatic N) is 2. The van der Waals surface area contributed by atoms with Crippen molar-refractivity contribution in [1.29, 1.82) is 0 Å². The Morgan fingerprint density at radius 3 is 3.06 bits per heavy atom. The van der Waals surface area contributed by atoms with Crippen LogP contribution in [0.1, 0.15) is 5.56 Å². The third-order valence-corrected chi connectivity index (χ3v) is 3.63. The van der Waals surface area contributed by atoms with Crippen LogP contribution in [0.3, 0.4) is 0 Å². The lowest BCUT2D eigenvalue weighted by Crippen LogP contribution is -2.13. The van der Waals surface area contributed by atoms with E-state index < -0.39 is 0 Å². The molecule has 1 aromatic carbocycles. The molecular formula is C11H7ClN2OS. The third kappa shape index (κ3) is 1.20. The minimum atomic E-state index is -0.0544. The molecule has 3 rings (SSSR count). The van der Waals surface area contributed by atoms with Crippen molar-refractivity contribution in [1.82, 2.24) is 9.38 Å². The lowest BCUT2D eigenvalue weighted by atomic mass is 10.1. The van der Waals surface area contributed by atoms with E-state index in [0.717, 1.165) is 5.56 Å². The average molecular weight is 251 g/mol. The highest BCUT2D eigenvalue weighted by Gasteiger charge is 2.10. The summed E-state index contributed by atoms with van der Waals surface area (Å²) in [5, 5.41) is 2.96. The van der Waals surface area contributed by atoms with Gasteiger partial charge in [-0.15, -0.1) is 11.3 Å². The first-order valence-electron chi connectivity index (χ1n) is 4.73. The maximum atomic E-state index is 12.2. The van der Waals surface area contributed by atoms with Gasteiger partial charge in [-0.25, -0.2) is 4.98 Å². The molecule has 0 saturated heterocycles. The summed E-state index contributed by atoms with van der Waals surface area (Å²) in [5.41, 5.74) is 1.44. The molecule has 80 valence electrons. The molecule has 0 aliphatic rings. The summed E-state index contributed by atoms with van der Waals surface area (Å²) in [7, 11) is 0. The van der Waals surface area contributed by atoms with Gasteiger partial charge in [-0.1, -0.05) is 17.7 Å². The minimum absolute atomic E-state index is 0.0544. The molecule has 3 aromatic rings. The fraction of sp³-hybridized carbons (Fsp3) is 0.0909. The first-order valence-corrected chi connectivity index (χ1v) is 5.99. The number of aryl methyl sites for hydroxylation is 1. The highest BCUT2D eigenvalue weighted by molar-refractivity contribution is 7.15. The number of benzene rings is 1. The fourth-order valence-corrected chi connectivity index (χ4v) is 2.67. The van der Waals surface area contributed by atoms with Crippen LogP contribution in [0.15, 0.2) is 28.5 Å². The van der Waals surface area contributed by atoms with E-state index in [4.69, 9.17) is 11.6 Å². The lowest BCUT2D eigenvalue weighted by Gasteiger charge is -2.03. The standard InChI is InChI=1S/C11H7ClN2OS/c1-6-2-3-7(12)9-8(6)10(15)14-4-5-16-11(14)13-9/h2-5H,1H3. The van der Waals surface area contributed by atoms with Crippen LogP contribution in [0.25, 0.3) is 15.9 Å². The summed E-state index contributed by atoms with van der Waals surface area (Å²) >= 11 is 7.49. The van der Waals surface area contributed by atoms with Gasteiger partial charge in [-0.3, -0.25) is 9.20 Å². The van der Waals surface area contributed by atoms with Gasteiger partial charge in [-0.05, 0) is 18.6 Å². The van der Waals surface area contributed by atoms with Gasteiger partial charge in [0, 0.05) is 11.6 Å². The Labute approximate surface area is 99.9 Å². The molecule has 0 radical (unpaired) electrons. The molecule has 0 aliphatic heterocycles. The third-order valence-electron chi connectivity index (χ3n) is 2.57. The summed E-state index contributed by atoms with van der Waals surface area (Å²) < 4.78 is 1.55. The first-order chi connectivity index (χ1) is 7.68. The number of halogens is 1. The van der Waals surface area contributed by atoms with Crippen LogP contribution >= 0.6 is 22.9 Å². The SMILES string of the molecule is Cc1ccc(Cl)c2nc3sccn3c(=O)c12. The molecule has 0 saturated carbocycles. The van der Waals surface area contributed by atoms with Crippen molar-refractivity contribution < 1.29 is 0 Å². The van der Waals surface area contributed by atoms with Gasteiger partial charge < -0.3 is 0 Å². The predicted octanol–water partition coefficient (Wildman–Crippen LogP) is 2.87. The van der Waals surface area contributed by atoms with E-state index in [9.17, 15) is 4.79 Å². The predicted molar refractivity (Wildman–Crippen MR) is 66.6 cm³/mol. The van der Waals surface area contributed by atoms with Crippen LogP contribution in [0.4, 0.5) is 0 Å². The topological polar surface area (TPSA) is 34.4 Å². The molecule has 5 heteroatoms. The van der Waals surface area contributed by atoms with E-state index in [0.29, 0.717) is 20.9 Å². The molecule has 2 heterocycles. The number of fused-ring (bicyclic) bond motifs is 2. The Hall–Kier alpha value is -1.39. The second-order valence-corrected chi connectivity index (χ2v) is 4.84. The fourth-order valence-electron chi connectivity index (χ4n) is 1.77.